The molecule has 1 amide bonds. The van der Waals surface area contributed by atoms with Crippen LogP contribution >= 0.6 is 0 Å². The Hall–Kier alpha value is -3.08. The fraction of sp³-hybridized carbons (Fsp3) is 0. The van der Waals surface area contributed by atoms with Crippen LogP contribution in [0.4, 0.5) is 0 Å². The van der Waals surface area contributed by atoms with E-state index in [2.05, 4.69) is 9.97 Å². The zero-order valence-electron chi connectivity index (χ0n) is 11.0. The number of amides is 1. The number of imidazole rings is 1. The van der Waals surface area contributed by atoms with Gasteiger partial charge in [0.2, 0.25) is 0 Å². The number of carbonyl (C=O) groups excluding carboxylic acids is 1. The fourth-order valence-electron chi connectivity index (χ4n) is 2.45. The first kappa shape index (κ1) is 11.7. The van der Waals surface area contributed by atoms with Crippen molar-refractivity contribution in [3.63, 3.8) is 0 Å². The largest absolute Gasteiger partial charge is 0.453 e. The lowest BCUT2D eigenvalue weighted by atomic mass is 10.2. The lowest BCUT2D eigenvalue weighted by molar-refractivity contribution is 0.100. The zero-order chi connectivity index (χ0) is 14.4. The highest BCUT2D eigenvalue weighted by Crippen LogP contribution is 2.28. The van der Waals surface area contributed by atoms with Gasteiger partial charge in [0.15, 0.2) is 11.6 Å². The Morgan fingerprint density at radius 2 is 2.00 bits per heavy atom. The number of aromatic amines is 1. The van der Waals surface area contributed by atoms with Crippen LogP contribution < -0.4 is 5.73 Å². The van der Waals surface area contributed by atoms with Gasteiger partial charge in [-0.15, -0.1) is 0 Å². The third-order valence-corrected chi connectivity index (χ3v) is 3.44. The first-order valence-corrected chi connectivity index (χ1v) is 6.50. The first-order chi connectivity index (χ1) is 10.2. The number of aromatic nitrogens is 2. The lowest BCUT2D eigenvalue weighted by Crippen LogP contribution is -2.11. The molecule has 21 heavy (non-hydrogen) atoms. The SMILES string of the molecule is NC(=O)c1cccc2[nH]c(-c3cc4ccccc4o3)nc12. The molecule has 0 aliphatic heterocycles. The van der Waals surface area contributed by atoms with Crippen molar-refractivity contribution in [2.45, 2.75) is 0 Å². The van der Waals surface area contributed by atoms with E-state index in [9.17, 15) is 4.79 Å². The Labute approximate surface area is 119 Å². The van der Waals surface area contributed by atoms with Crippen LogP contribution in [0.2, 0.25) is 0 Å². The topological polar surface area (TPSA) is 84.9 Å². The number of carbonyl (C=O) groups is 1. The molecule has 0 saturated heterocycles. The summed E-state index contributed by atoms with van der Waals surface area (Å²) in [5.41, 5.74) is 7.87. The Bertz CT molecular complexity index is 948. The number of rotatable bonds is 2. The van der Waals surface area contributed by atoms with E-state index in [-0.39, 0.29) is 0 Å². The molecule has 0 radical (unpaired) electrons. The van der Waals surface area contributed by atoms with Crippen LogP contribution in [0.1, 0.15) is 10.4 Å². The van der Waals surface area contributed by atoms with Crippen molar-refractivity contribution in [2.24, 2.45) is 5.73 Å². The highest BCUT2D eigenvalue weighted by atomic mass is 16.3. The number of hydrogen-bond donors (Lipinski definition) is 2. The third kappa shape index (κ3) is 1.79. The maximum Gasteiger partial charge on any atom is 0.250 e. The van der Waals surface area contributed by atoms with Crippen LogP contribution in [-0.4, -0.2) is 15.9 Å². The number of H-pyrrole nitrogens is 1. The van der Waals surface area contributed by atoms with Crippen LogP contribution in [0.3, 0.4) is 0 Å². The van der Waals surface area contributed by atoms with Crippen LogP contribution in [0.25, 0.3) is 33.6 Å². The minimum Gasteiger partial charge on any atom is -0.453 e. The Balaban J connectivity index is 1.94. The molecule has 4 aromatic rings. The molecular formula is C16H11N3O2. The predicted molar refractivity (Wildman–Crippen MR) is 79.8 cm³/mol. The number of para-hydroxylation sites is 2. The van der Waals surface area contributed by atoms with Gasteiger partial charge in [0.05, 0.1) is 11.1 Å². The summed E-state index contributed by atoms with van der Waals surface area (Å²) in [4.78, 5) is 19.1. The predicted octanol–water partition coefficient (Wildman–Crippen LogP) is 3.08. The zero-order valence-corrected chi connectivity index (χ0v) is 11.0. The number of hydrogen-bond acceptors (Lipinski definition) is 3. The molecule has 3 N–H and O–H groups in total. The normalized spacial score (nSPS) is 11.2. The van der Waals surface area contributed by atoms with E-state index in [0.717, 1.165) is 16.5 Å². The van der Waals surface area contributed by atoms with Gasteiger partial charge in [-0.1, -0.05) is 24.3 Å². The smallest absolute Gasteiger partial charge is 0.250 e. The summed E-state index contributed by atoms with van der Waals surface area (Å²) in [5, 5.41) is 1.00. The average Bonchev–Trinajstić information content (AvgIpc) is 3.09. The molecule has 5 nitrogen and oxygen atoms in total. The second-order valence-corrected chi connectivity index (χ2v) is 4.80. The van der Waals surface area contributed by atoms with E-state index in [1.54, 1.807) is 12.1 Å². The minimum absolute atomic E-state index is 0.395. The molecular weight excluding hydrogens is 266 g/mol. The highest BCUT2D eigenvalue weighted by molar-refractivity contribution is 6.04. The van der Waals surface area contributed by atoms with Gasteiger partial charge in [-0.2, -0.15) is 0 Å². The number of fused-ring (bicyclic) bond motifs is 2. The molecule has 102 valence electrons. The molecule has 2 aromatic carbocycles. The van der Waals surface area contributed by atoms with Gasteiger partial charge in [0.1, 0.15) is 11.1 Å². The molecule has 0 atom stereocenters. The molecule has 0 unspecified atom stereocenters. The second kappa shape index (κ2) is 4.21. The van der Waals surface area contributed by atoms with Gasteiger partial charge in [-0.05, 0) is 24.3 Å². The van der Waals surface area contributed by atoms with E-state index in [4.69, 9.17) is 10.2 Å². The van der Waals surface area contributed by atoms with E-state index in [1.807, 2.05) is 36.4 Å². The van der Waals surface area contributed by atoms with Crippen molar-refractivity contribution >= 4 is 27.9 Å². The first-order valence-electron chi connectivity index (χ1n) is 6.50. The van der Waals surface area contributed by atoms with Crippen molar-refractivity contribution in [1.29, 1.82) is 0 Å². The van der Waals surface area contributed by atoms with E-state index < -0.39 is 5.91 Å². The van der Waals surface area contributed by atoms with Crippen molar-refractivity contribution in [1.82, 2.24) is 9.97 Å². The molecule has 0 aliphatic rings. The van der Waals surface area contributed by atoms with E-state index in [1.165, 1.54) is 0 Å². The van der Waals surface area contributed by atoms with Crippen LogP contribution in [-0.2, 0) is 0 Å². The van der Waals surface area contributed by atoms with Gasteiger partial charge >= 0.3 is 0 Å². The Kier molecular flexibility index (Phi) is 2.35. The van der Waals surface area contributed by atoms with Crippen molar-refractivity contribution < 1.29 is 9.21 Å². The lowest BCUT2D eigenvalue weighted by Gasteiger charge is -1.94. The maximum atomic E-state index is 11.4. The van der Waals surface area contributed by atoms with Crippen LogP contribution in [0.15, 0.2) is 52.9 Å². The van der Waals surface area contributed by atoms with Crippen molar-refractivity contribution in [2.75, 3.05) is 0 Å². The minimum atomic E-state index is -0.497. The number of benzene rings is 2. The summed E-state index contributed by atoms with van der Waals surface area (Å²) in [6, 6.07) is 14.9. The molecule has 2 aromatic heterocycles. The number of furan rings is 1. The summed E-state index contributed by atoms with van der Waals surface area (Å²) in [6.07, 6.45) is 0. The Morgan fingerprint density at radius 3 is 2.81 bits per heavy atom. The van der Waals surface area contributed by atoms with Crippen LogP contribution in [0.5, 0.6) is 0 Å². The molecule has 4 rings (SSSR count). The van der Waals surface area contributed by atoms with Gasteiger partial charge in [0, 0.05) is 5.39 Å². The molecule has 0 fully saturated rings. The van der Waals surface area contributed by atoms with E-state index >= 15 is 0 Å². The number of nitrogens with two attached hydrogens (primary N) is 1. The molecule has 0 bridgehead atoms. The van der Waals surface area contributed by atoms with Crippen LogP contribution in [0, 0.1) is 0 Å². The highest BCUT2D eigenvalue weighted by Gasteiger charge is 2.14. The third-order valence-electron chi connectivity index (χ3n) is 3.44. The second-order valence-electron chi connectivity index (χ2n) is 4.80. The molecule has 5 heteroatoms. The summed E-state index contributed by atoms with van der Waals surface area (Å²) in [7, 11) is 0. The van der Waals surface area contributed by atoms with E-state index in [0.29, 0.717) is 22.7 Å². The molecule has 2 heterocycles. The Morgan fingerprint density at radius 1 is 1.14 bits per heavy atom. The summed E-state index contributed by atoms with van der Waals surface area (Å²) >= 11 is 0. The number of nitrogens with one attached hydrogen (secondary N) is 1. The summed E-state index contributed by atoms with van der Waals surface area (Å²) < 4.78 is 5.77. The van der Waals surface area contributed by atoms with Crippen molar-refractivity contribution in [3.8, 4) is 11.6 Å². The molecule has 0 spiro atoms. The number of nitrogens with zero attached hydrogens (tertiary/aromatic N) is 1. The maximum absolute atomic E-state index is 11.4. The monoisotopic (exact) mass is 277 g/mol. The number of primary amides is 1. The van der Waals surface area contributed by atoms with Crippen molar-refractivity contribution in [3.05, 3.63) is 54.1 Å². The van der Waals surface area contributed by atoms with Gasteiger partial charge < -0.3 is 15.1 Å². The summed E-state index contributed by atoms with van der Waals surface area (Å²) in [5.74, 6) is 0.709. The quantitative estimate of drug-likeness (QED) is 0.590. The molecule has 0 saturated carbocycles. The van der Waals surface area contributed by atoms with Gasteiger partial charge in [-0.25, -0.2) is 4.98 Å². The van der Waals surface area contributed by atoms with Gasteiger partial charge in [0.25, 0.3) is 5.91 Å². The fourth-order valence-corrected chi connectivity index (χ4v) is 2.45. The average molecular weight is 277 g/mol. The van der Waals surface area contributed by atoms with Gasteiger partial charge in [-0.3, -0.25) is 4.79 Å². The standard InChI is InChI=1S/C16H11N3O2/c17-15(20)10-5-3-6-11-14(10)19-16(18-11)13-8-9-4-1-2-7-12(9)21-13/h1-8H,(H2,17,20)(H,18,19). The summed E-state index contributed by atoms with van der Waals surface area (Å²) in [6.45, 7) is 0. The molecule has 0 aliphatic carbocycles.